The van der Waals surface area contributed by atoms with Crippen molar-refractivity contribution in [2.75, 3.05) is 19.7 Å². The fourth-order valence-electron chi connectivity index (χ4n) is 1.39. The Hall–Kier alpha value is -1.37. The highest BCUT2D eigenvalue weighted by atomic mass is 35.5. The van der Waals surface area contributed by atoms with E-state index in [9.17, 15) is 15.2 Å². The van der Waals surface area contributed by atoms with Crippen LogP contribution in [-0.4, -0.2) is 35.3 Å². The van der Waals surface area contributed by atoms with Crippen molar-refractivity contribution in [2.45, 2.75) is 19.4 Å². The molecule has 6 nitrogen and oxygen atoms in total. The van der Waals surface area contributed by atoms with Crippen LogP contribution in [0.3, 0.4) is 0 Å². The van der Waals surface area contributed by atoms with E-state index in [1.165, 1.54) is 18.2 Å². The van der Waals surface area contributed by atoms with Crippen LogP contribution in [0.25, 0.3) is 0 Å². The zero-order chi connectivity index (χ0) is 14.5. The maximum Gasteiger partial charge on any atom is 0.273 e. The summed E-state index contributed by atoms with van der Waals surface area (Å²) in [5.74, 6) is 0.188. The van der Waals surface area contributed by atoms with Crippen LogP contribution in [0.2, 0.25) is 5.02 Å². The number of hydrogen-bond acceptors (Lipinski definition) is 5. The van der Waals surface area contributed by atoms with Crippen LogP contribution in [-0.2, 0) is 0 Å². The number of nitrogens with zero attached hydrogens (tertiary/aromatic N) is 1. The lowest BCUT2D eigenvalue weighted by molar-refractivity contribution is -0.384. The molecule has 0 bridgehead atoms. The monoisotopic (exact) mass is 288 g/mol. The Bertz CT molecular complexity index is 451. The molecule has 1 atom stereocenters. The molecule has 0 aromatic heterocycles. The zero-order valence-corrected chi connectivity index (χ0v) is 11.6. The summed E-state index contributed by atoms with van der Waals surface area (Å²) < 4.78 is 5.36. The number of benzene rings is 1. The number of nitro benzene ring substituents is 1. The Labute approximate surface area is 116 Å². The van der Waals surface area contributed by atoms with Crippen molar-refractivity contribution in [2.24, 2.45) is 0 Å². The van der Waals surface area contributed by atoms with Gasteiger partial charge < -0.3 is 15.2 Å². The smallest absolute Gasteiger partial charge is 0.273 e. The second-order valence-electron chi connectivity index (χ2n) is 4.44. The molecule has 0 spiro atoms. The molecule has 0 aliphatic heterocycles. The van der Waals surface area contributed by atoms with Crippen LogP contribution in [0.15, 0.2) is 18.2 Å². The largest absolute Gasteiger partial charge is 0.489 e. The standard InChI is InChI=1S/C12H17ClN2O4/c1-3-14-7-12(2,16)8-19-11-6-9(15(17)18)4-5-10(11)13/h4-6,14,16H,3,7-8H2,1-2H3. The van der Waals surface area contributed by atoms with Gasteiger partial charge in [-0.2, -0.15) is 0 Å². The summed E-state index contributed by atoms with van der Waals surface area (Å²) in [4.78, 5) is 10.1. The molecule has 7 heteroatoms. The highest BCUT2D eigenvalue weighted by molar-refractivity contribution is 6.32. The normalized spacial score (nSPS) is 13.9. The lowest BCUT2D eigenvalue weighted by Gasteiger charge is -2.23. The van der Waals surface area contributed by atoms with Gasteiger partial charge in [0.2, 0.25) is 0 Å². The maximum absolute atomic E-state index is 10.7. The van der Waals surface area contributed by atoms with Gasteiger partial charge in [-0.1, -0.05) is 18.5 Å². The number of nitrogens with one attached hydrogen (secondary N) is 1. The fraction of sp³-hybridized carbons (Fsp3) is 0.500. The quantitative estimate of drug-likeness (QED) is 0.592. The van der Waals surface area contributed by atoms with E-state index < -0.39 is 10.5 Å². The summed E-state index contributed by atoms with van der Waals surface area (Å²) in [7, 11) is 0. The molecular formula is C12H17ClN2O4. The van der Waals surface area contributed by atoms with Gasteiger partial charge in [0.1, 0.15) is 18.0 Å². The predicted octanol–water partition coefficient (Wildman–Crippen LogP) is 1.99. The van der Waals surface area contributed by atoms with Crippen LogP contribution < -0.4 is 10.1 Å². The van der Waals surface area contributed by atoms with E-state index in [2.05, 4.69) is 5.32 Å². The van der Waals surface area contributed by atoms with Gasteiger partial charge >= 0.3 is 0 Å². The molecule has 1 unspecified atom stereocenters. The molecule has 0 saturated heterocycles. The minimum absolute atomic E-state index is 0.0130. The van der Waals surface area contributed by atoms with E-state index in [1.807, 2.05) is 6.92 Å². The fourth-order valence-corrected chi connectivity index (χ4v) is 1.57. The van der Waals surface area contributed by atoms with E-state index in [1.54, 1.807) is 6.92 Å². The molecule has 0 heterocycles. The minimum atomic E-state index is -1.08. The first-order valence-electron chi connectivity index (χ1n) is 5.85. The highest BCUT2D eigenvalue weighted by Crippen LogP contribution is 2.29. The van der Waals surface area contributed by atoms with Gasteiger partial charge in [-0.15, -0.1) is 0 Å². The molecule has 1 aromatic carbocycles. The second-order valence-corrected chi connectivity index (χ2v) is 4.84. The maximum atomic E-state index is 10.7. The summed E-state index contributed by atoms with van der Waals surface area (Å²) >= 11 is 5.89. The Morgan fingerprint density at radius 2 is 2.26 bits per heavy atom. The molecule has 2 N–H and O–H groups in total. The van der Waals surface area contributed by atoms with E-state index in [0.29, 0.717) is 6.54 Å². The van der Waals surface area contributed by atoms with Crippen molar-refractivity contribution in [1.29, 1.82) is 0 Å². The average Bonchev–Trinajstić information content (AvgIpc) is 2.35. The first kappa shape index (κ1) is 15.7. The van der Waals surface area contributed by atoms with Crippen molar-refractivity contribution in [1.82, 2.24) is 5.32 Å². The Balaban J connectivity index is 2.71. The minimum Gasteiger partial charge on any atom is -0.489 e. The van der Waals surface area contributed by atoms with E-state index in [-0.39, 0.29) is 23.1 Å². The van der Waals surface area contributed by atoms with Crippen molar-refractivity contribution in [3.8, 4) is 5.75 Å². The first-order valence-corrected chi connectivity index (χ1v) is 6.23. The van der Waals surface area contributed by atoms with Gasteiger partial charge in [-0.05, 0) is 19.5 Å². The molecule has 0 aliphatic carbocycles. The van der Waals surface area contributed by atoms with E-state index in [4.69, 9.17) is 16.3 Å². The molecule has 1 aromatic rings. The number of non-ortho nitro benzene ring substituents is 1. The number of nitro groups is 1. The van der Waals surface area contributed by atoms with Crippen LogP contribution in [0.5, 0.6) is 5.75 Å². The van der Waals surface area contributed by atoms with Crippen molar-refractivity contribution >= 4 is 17.3 Å². The highest BCUT2D eigenvalue weighted by Gasteiger charge is 2.22. The Morgan fingerprint density at radius 3 is 2.84 bits per heavy atom. The summed E-state index contributed by atoms with van der Waals surface area (Å²) in [6.45, 7) is 4.61. The third-order valence-corrected chi connectivity index (χ3v) is 2.73. The summed E-state index contributed by atoms with van der Waals surface area (Å²) in [5, 5.41) is 23.9. The number of ether oxygens (including phenoxy) is 1. The van der Waals surface area contributed by atoms with Gasteiger partial charge in [-0.25, -0.2) is 0 Å². The van der Waals surface area contributed by atoms with Gasteiger partial charge in [0.25, 0.3) is 5.69 Å². The van der Waals surface area contributed by atoms with E-state index in [0.717, 1.165) is 6.54 Å². The third kappa shape index (κ3) is 5.02. The second kappa shape index (κ2) is 6.70. The van der Waals surface area contributed by atoms with Crippen LogP contribution in [0.1, 0.15) is 13.8 Å². The van der Waals surface area contributed by atoms with E-state index >= 15 is 0 Å². The SMILES string of the molecule is CCNCC(C)(O)COc1cc([N+](=O)[O-])ccc1Cl. The average molecular weight is 289 g/mol. The van der Waals surface area contributed by atoms with Crippen LogP contribution in [0.4, 0.5) is 5.69 Å². The van der Waals surface area contributed by atoms with Gasteiger partial charge in [0.15, 0.2) is 0 Å². The Kier molecular flexibility index (Phi) is 5.53. The lowest BCUT2D eigenvalue weighted by atomic mass is 10.1. The van der Waals surface area contributed by atoms with Crippen LogP contribution >= 0.6 is 11.6 Å². The van der Waals surface area contributed by atoms with Crippen molar-refractivity contribution in [3.63, 3.8) is 0 Å². The number of rotatable bonds is 7. The predicted molar refractivity (Wildman–Crippen MR) is 72.8 cm³/mol. The summed E-state index contributed by atoms with van der Waals surface area (Å²) in [6.07, 6.45) is 0. The number of likely N-dealkylation sites (N-methyl/N-ethyl adjacent to an activating group) is 1. The molecule has 0 radical (unpaired) electrons. The van der Waals surface area contributed by atoms with Gasteiger partial charge in [-0.3, -0.25) is 10.1 Å². The Morgan fingerprint density at radius 1 is 1.58 bits per heavy atom. The molecule has 0 amide bonds. The molecule has 0 fully saturated rings. The van der Waals surface area contributed by atoms with Gasteiger partial charge in [0.05, 0.1) is 16.0 Å². The van der Waals surface area contributed by atoms with Crippen molar-refractivity contribution in [3.05, 3.63) is 33.3 Å². The topological polar surface area (TPSA) is 84.6 Å². The summed E-state index contributed by atoms with van der Waals surface area (Å²) in [5.41, 5.74) is -1.19. The first-order chi connectivity index (χ1) is 8.85. The molecular weight excluding hydrogens is 272 g/mol. The van der Waals surface area contributed by atoms with Crippen molar-refractivity contribution < 1.29 is 14.8 Å². The number of aliphatic hydroxyl groups is 1. The molecule has 1 rings (SSSR count). The number of hydrogen-bond donors (Lipinski definition) is 2. The third-order valence-electron chi connectivity index (χ3n) is 2.42. The molecule has 106 valence electrons. The lowest BCUT2D eigenvalue weighted by Crippen LogP contribution is -2.42. The molecule has 0 saturated carbocycles. The summed E-state index contributed by atoms with van der Waals surface area (Å²) in [6, 6.07) is 3.94. The number of halogens is 1. The molecule has 19 heavy (non-hydrogen) atoms. The molecule has 0 aliphatic rings. The zero-order valence-electron chi connectivity index (χ0n) is 10.9. The van der Waals surface area contributed by atoms with Crippen LogP contribution in [0, 0.1) is 10.1 Å². The van der Waals surface area contributed by atoms with Gasteiger partial charge in [0, 0.05) is 12.6 Å².